The van der Waals surface area contributed by atoms with Crippen molar-refractivity contribution < 1.29 is 27.3 Å². The Kier molecular flexibility index (Phi) is 7.58. The normalized spacial score (nSPS) is 15.8. The summed E-state index contributed by atoms with van der Waals surface area (Å²) < 4.78 is 31.5. The predicted octanol–water partition coefficient (Wildman–Crippen LogP) is 3.25. The summed E-state index contributed by atoms with van der Waals surface area (Å²) in [6, 6.07) is 16.8. The van der Waals surface area contributed by atoms with Gasteiger partial charge in [0.15, 0.2) is 0 Å². The maximum atomic E-state index is 12.6. The lowest BCUT2D eigenvalue weighted by Crippen LogP contribution is -2.31. The van der Waals surface area contributed by atoms with Crippen LogP contribution in [0.1, 0.15) is 22.8 Å². The maximum absolute atomic E-state index is 12.6. The quantitative estimate of drug-likeness (QED) is 0.488. The molecule has 1 heterocycles. The molecule has 0 spiro atoms. The summed E-state index contributed by atoms with van der Waals surface area (Å²) in [7, 11) is 1.45. The third-order valence-corrected chi connectivity index (χ3v) is 5.02. The Labute approximate surface area is 177 Å². The van der Waals surface area contributed by atoms with Crippen molar-refractivity contribution in [3.8, 4) is 0 Å². The van der Waals surface area contributed by atoms with E-state index in [9.17, 15) is 13.6 Å². The molecule has 8 nitrogen and oxygen atoms in total. The van der Waals surface area contributed by atoms with Gasteiger partial charge in [-0.15, -0.1) is 0 Å². The Morgan fingerprint density at radius 1 is 1.17 bits per heavy atom. The third-order valence-electron chi connectivity index (χ3n) is 4.66. The third kappa shape index (κ3) is 5.67. The first-order valence-electron chi connectivity index (χ1n) is 9.29. The Bertz CT molecular complexity index is 917. The van der Waals surface area contributed by atoms with Crippen LogP contribution in [0.15, 0.2) is 65.9 Å². The van der Waals surface area contributed by atoms with Gasteiger partial charge in [-0.25, -0.2) is 4.79 Å². The lowest BCUT2D eigenvalue weighted by atomic mass is 10.0. The minimum Gasteiger partial charge on any atom is -0.445 e. The Morgan fingerprint density at radius 3 is 2.50 bits per heavy atom. The second kappa shape index (κ2) is 10.4. The van der Waals surface area contributed by atoms with E-state index in [1.165, 1.54) is 12.0 Å². The Morgan fingerprint density at radius 2 is 1.87 bits per heavy atom. The van der Waals surface area contributed by atoms with Crippen molar-refractivity contribution in [1.29, 1.82) is 0 Å². The smallest absolute Gasteiger partial charge is 0.410 e. The number of hydrogen-bond donors (Lipinski definition) is 2. The highest BCUT2D eigenvalue weighted by Crippen LogP contribution is 2.33. The average Bonchev–Trinajstić information content (AvgIpc) is 3.16. The summed E-state index contributed by atoms with van der Waals surface area (Å²) in [4.78, 5) is 19.1. The summed E-state index contributed by atoms with van der Waals surface area (Å²) in [5.41, 5.74) is 6.56. The summed E-state index contributed by atoms with van der Waals surface area (Å²) in [6.07, 6.45) is -1.34. The number of benzene rings is 2. The van der Waals surface area contributed by atoms with Gasteiger partial charge in [0.25, 0.3) is 0 Å². The molecular weight excluding hydrogens is 408 g/mol. The number of aryl methyl sites for hydroxylation is 1. The van der Waals surface area contributed by atoms with Gasteiger partial charge in [-0.05, 0) is 18.1 Å². The summed E-state index contributed by atoms with van der Waals surface area (Å²) in [5.74, 6) is 0. The van der Waals surface area contributed by atoms with Crippen LogP contribution in [0.4, 0.5) is 4.79 Å². The molecule has 0 saturated heterocycles. The first kappa shape index (κ1) is 22.0. The first-order chi connectivity index (χ1) is 14.5. The largest absolute Gasteiger partial charge is 0.445 e. The van der Waals surface area contributed by atoms with Crippen LogP contribution < -0.4 is 5.48 Å². The fraction of sp³-hybridized carbons (Fsp3) is 0.286. The summed E-state index contributed by atoms with van der Waals surface area (Å²) >= 11 is -2.50. The van der Waals surface area contributed by atoms with Crippen LogP contribution >= 0.6 is 0 Å². The molecule has 2 N–H and O–H groups in total. The van der Waals surface area contributed by atoms with E-state index in [0.29, 0.717) is 16.8 Å². The van der Waals surface area contributed by atoms with Crippen LogP contribution in [-0.2, 0) is 31.7 Å². The molecule has 0 bridgehead atoms. The molecule has 2 aromatic carbocycles. The van der Waals surface area contributed by atoms with Gasteiger partial charge in [0, 0.05) is 5.57 Å². The Balaban J connectivity index is 1.77. The number of amides is 1. The molecule has 0 radical (unpaired) electrons. The van der Waals surface area contributed by atoms with E-state index in [2.05, 4.69) is 5.48 Å². The topological polar surface area (TPSA) is 97.3 Å². The van der Waals surface area contributed by atoms with Gasteiger partial charge < -0.3 is 4.74 Å². The molecule has 0 aromatic heterocycles. The predicted molar refractivity (Wildman–Crippen MR) is 111 cm³/mol. The van der Waals surface area contributed by atoms with Gasteiger partial charge in [0.05, 0.1) is 25.9 Å². The number of nitrogens with zero attached hydrogens (tertiary/aromatic N) is 1. The van der Waals surface area contributed by atoms with Crippen molar-refractivity contribution >= 4 is 17.5 Å². The Hall–Kier alpha value is -2.72. The van der Waals surface area contributed by atoms with Gasteiger partial charge in [-0.3, -0.25) is 24.0 Å². The minimum atomic E-state index is -2.50. The van der Waals surface area contributed by atoms with Crippen molar-refractivity contribution in [2.75, 3.05) is 20.2 Å². The van der Waals surface area contributed by atoms with Crippen LogP contribution in [0.3, 0.4) is 0 Å². The monoisotopic (exact) mass is 432 g/mol. The zero-order valence-electron chi connectivity index (χ0n) is 16.7. The number of hydroxylamine groups is 1. The van der Waals surface area contributed by atoms with E-state index >= 15 is 0 Å². The summed E-state index contributed by atoms with van der Waals surface area (Å²) in [6.45, 7) is 2.45. The number of hydrogen-bond acceptors (Lipinski definition) is 6. The van der Waals surface area contributed by atoms with E-state index in [1.54, 1.807) is 0 Å². The van der Waals surface area contributed by atoms with E-state index in [-0.39, 0.29) is 19.7 Å². The van der Waals surface area contributed by atoms with Gasteiger partial charge in [-0.1, -0.05) is 60.2 Å². The van der Waals surface area contributed by atoms with Crippen LogP contribution in [0.25, 0.3) is 0 Å². The van der Waals surface area contributed by atoms with Crippen LogP contribution in [-0.4, -0.2) is 40.0 Å². The molecular formula is C21H24N2O6S. The molecule has 9 heteroatoms. The average molecular weight is 432 g/mol. The number of carbonyl (C=O) groups excluding carboxylic acids is 1. The summed E-state index contributed by atoms with van der Waals surface area (Å²) in [5, 5.41) is 0. The van der Waals surface area contributed by atoms with E-state index < -0.39 is 23.6 Å². The van der Waals surface area contributed by atoms with Crippen LogP contribution in [0.5, 0.6) is 0 Å². The fourth-order valence-corrected chi connectivity index (χ4v) is 3.58. The van der Waals surface area contributed by atoms with Gasteiger partial charge in [-0.2, -0.15) is 4.21 Å². The highest BCUT2D eigenvalue weighted by atomic mass is 32.2. The van der Waals surface area contributed by atoms with E-state index in [1.807, 2.05) is 61.5 Å². The molecule has 1 aliphatic heterocycles. The highest BCUT2D eigenvalue weighted by molar-refractivity contribution is 7.74. The zero-order chi connectivity index (χ0) is 21.5. The van der Waals surface area contributed by atoms with Crippen molar-refractivity contribution in [2.45, 2.75) is 19.6 Å². The molecule has 0 fully saturated rings. The maximum Gasteiger partial charge on any atom is 0.410 e. The van der Waals surface area contributed by atoms with Crippen LogP contribution in [0.2, 0.25) is 0 Å². The molecule has 2 atom stereocenters. The molecule has 3 rings (SSSR count). The lowest BCUT2D eigenvalue weighted by molar-refractivity contribution is 0.0960. The van der Waals surface area contributed by atoms with Crippen molar-refractivity contribution in [1.82, 2.24) is 10.4 Å². The van der Waals surface area contributed by atoms with Crippen molar-refractivity contribution in [3.05, 3.63) is 82.6 Å². The zero-order valence-corrected chi connectivity index (χ0v) is 17.6. The molecule has 0 saturated carbocycles. The molecule has 0 aliphatic carbocycles. The molecule has 2 aromatic rings. The number of ether oxygens (including phenoxy) is 1. The first-order valence-corrected chi connectivity index (χ1v) is 10.3. The van der Waals surface area contributed by atoms with E-state index in [0.717, 1.165) is 11.1 Å². The van der Waals surface area contributed by atoms with Crippen LogP contribution in [0, 0.1) is 6.92 Å². The van der Waals surface area contributed by atoms with Gasteiger partial charge >= 0.3 is 17.5 Å². The number of carbonyl (C=O) groups is 1. The van der Waals surface area contributed by atoms with Crippen molar-refractivity contribution in [3.63, 3.8) is 0 Å². The number of nitrogens with one attached hydrogen (secondary N) is 1. The molecule has 30 heavy (non-hydrogen) atoms. The molecule has 2 unspecified atom stereocenters. The minimum absolute atomic E-state index is 0.150. The molecule has 160 valence electrons. The highest BCUT2D eigenvalue weighted by Gasteiger charge is 2.34. The lowest BCUT2D eigenvalue weighted by Gasteiger charge is -2.20. The standard InChI is InChI=1S/C21H24N2O6S/c1-15-8-10-17(11-9-15)20(29-30(25)26)18-12-23(13-19(18)22-27-2)21(24)28-14-16-6-4-3-5-7-16/h3-11,20,22H,12-14H2,1-2H3,(H,25,26). The second-order valence-corrected chi connectivity index (χ2v) is 7.44. The van der Waals surface area contributed by atoms with Crippen molar-refractivity contribution in [2.24, 2.45) is 0 Å². The van der Waals surface area contributed by atoms with Gasteiger partial charge in [0.2, 0.25) is 0 Å². The second-order valence-electron chi connectivity index (χ2n) is 6.81. The fourth-order valence-electron chi connectivity index (χ4n) is 3.19. The van der Waals surface area contributed by atoms with Gasteiger partial charge in [0.1, 0.15) is 12.7 Å². The number of rotatable bonds is 8. The van der Waals surface area contributed by atoms with E-state index in [4.69, 9.17) is 13.8 Å². The SMILES string of the molecule is CONC1=C(C(OS(=O)O)c2ccc(C)cc2)CN(C(=O)OCc2ccccc2)C1. The molecule has 1 amide bonds. The molecule has 1 aliphatic rings.